The third-order valence-corrected chi connectivity index (χ3v) is 7.16. The molecular weight excluding hydrogens is 553 g/mol. The summed E-state index contributed by atoms with van der Waals surface area (Å²) in [6.45, 7) is 3.98. The molecule has 0 fully saturated rings. The SMILES string of the molecule is CC(C)c1c(C(=O)N(N=O)c2ccccc2)c(-c2ccccc2)c(-c2ccc(F)cc2)n1CC[C@@H](O)C[C@@H](O)CC(=O)O. The summed E-state index contributed by atoms with van der Waals surface area (Å²) < 4.78 is 15.9. The molecule has 0 saturated heterocycles. The van der Waals surface area contributed by atoms with E-state index in [0.29, 0.717) is 28.1 Å². The van der Waals surface area contributed by atoms with Gasteiger partial charge in [0, 0.05) is 17.8 Å². The molecule has 0 aliphatic carbocycles. The molecule has 3 aromatic carbocycles. The zero-order valence-electron chi connectivity index (χ0n) is 23.9. The van der Waals surface area contributed by atoms with Crippen molar-refractivity contribution < 1.29 is 29.3 Å². The summed E-state index contributed by atoms with van der Waals surface area (Å²) in [6, 6.07) is 23.4. The first-order valence-electron chi connectivity index (χ1n) is 14.0. The molecule has 0 saturated carbocycles. The van der Waals surface area contributed by atoms with Crippen LogP contribution in [0.1, 0.15) is 55.1 Å². The lowest BCUT2D eigenvalue weighted by Crippen LogP contribution is -2.27. The molecule has 1 amide bonds. The van der Waals surface area contributed by atoms with E-state index >= 15 is 0 Å². The van der Waals surface area contributed by atoms with Crippen molar-refractivity contribution >= 4 is 17.6 Å². The number of benzene rings is 3. The predicted octanol–water partition coefficient (Wildman–Crippen LogP) is 6.39. The third kappa shape index (κ3) is 7.22. The van der Waals surface area contributed by atoms with Crippen LogP contribution in [0.5, 0.6) is 0 Å². The number of carboxylic acid groups (broad SMARTS) is 1. The number of nitroso groups, excluding NO2 is 1. The van der Waals surface area contributed by atoms with Crippen molar-refractivity contribution in [3.63, 3.8) is 0 Å². The van der Waals surface area contributed by atoms with E-state index in [1.165, 1.54) is 12.1 Å². The van der Waals surface area contributed by atoms with E-state index in [-0.39, 0.29) is 36.6 Å². The number of carbonyl (C=O) groups is 2. The van der Waals surface area contributed by atoms with Crippen molar-refractivity contribution in [2.45, 2.75) is 57.8 Å². The van der Waals surface area contributed by atoms with Crippen molar-refractivity contribution in [2.24, 2.45) is 5.29 Å². The molecule has 0 bridgehead atoms. The van der Waals surface area contributed by atoms with Gasteiger partial charge in [0.1, 0.15) is 5.82 Å². The summed E-state index contributed by atoms with van der Waals surface area (Å²) in [5.74, 6) is -2.52. The van der Waals surface area contributed by atoms with Crippen LogP contribution in [-0.4, -0.2) is 44.0 Å². The molecule has 43 heavy (non-hydrogen) atoms. The lowest BCUT2D eigenvalue weighted by Gasteiger charge is -2.20. The molecule has 9 nitrogen and oxygen atoms in total. The largest absolute Gasteiger partial charge is 0.481 e. The van der Waals surface area contributed by atoms with Crippen LogP contribution < -0.4 is 5.01 Å². The summed E-state index contributed by atoms with van der Waals surface area (Å²) >= 11 is 0. The number of aliphatic hydroxyl groups is 2. The Labute approximate surface area is 248 Å². The summed E-state index contributed by atoms with van der Waals surface area (Å²) in [7, 11) is 0. The minimum atomic E-state index is -1.23. The standard InChI is InChI=1S/C33H34FN3O6/c1-21(2)31-30(33(42)37(35-43)25-11-7-4-8-12-25)29(22-9-5-3-6-10-22)32(23-13-15-24(34)16-14-23)36(31)18-17-26(38)19-27(39)20-28(40)41/h3-16,21,26-27,38-39H,17-20H2,1-2H3,(H,40,41)/t26-,27-/m1/s1. The van der Waals surface area contributed by atoms with Crippen molar-refractivity contribution in [1.82, 2.24) is 4.57 Å². The molecule has 224 valence electrons. The number of anilines is 1. The Bertz CT molecular complexity index is 1560. The van der Waals surface area contributed by atoms with Gasteiger partial charge in [0.2, 0.25) is 0 Å². The second-order valence-electron chi connectivity index (χ2n) is 10.6. The van der Waals surface area contributed by atoms with Crippen molar-refractivity contribution in [3.8, 4) is 22.4 Å². The lowest BCUT2D eigenvalue weighted by atomic mass is 9.94. The number of aliphatic carboxylic acids is 1. The third-order valence-electron chi connectivity index (χ3n) is 7.16. The van der Waals surface area contributed by atoms with Gasteiger partial charge in [0.15, 0.2) is 0 Å². The Morgan fingerprint density at radius 2 is 1.49 bits per heavy atom. The highest BCUT2D eigenvalue weighted by molar-refractivity contribution is 6.13. The average molecular weight is 588 g/mol. The van der Waals surface area contributed by atoms with E-state index in [2.05, 4.69) is 5.29 Å². The van der Waals surface area contributed by atoms with Gasteiger partial charge in [-0.05, 0) is 66.3 Å². The van der Waals surface area contributed by atoms with Crippen LogP contribution >= 0.6 is 0 Å². The van der Waals surface area contributed by atoms with Crippen molar-refractivity contribution in [1.29, 1.82) is 0 Å². The van der Waals surface area contributed by atoms with Crippen LogP contribution in [-0.2, 0) is 11.3 Å². The molecule has 4 aromatic rings. The Morgan fingerprint density at radius 3 is 2.05 bits per heavy atom. The van der Waals surface area contributed by atoms with Gasteiger partial charge in [-0.15, -0.1) is 4.91 Å². The normalized spacial score (nSPS) is 12.6. The zero-order valence-corrected chi connectivity index (χ0v) is 23.9. The van der Waals surface area contributed by atoms with Crippen LogP contribution in [0.3, 0.4) is 0 Å². The Kier molecular flexibility index (Phi) is 10.2. The Morgan fingerprint density at radius 1 is 0.884 bits per heavy atom. The predicted molar refractivity (Wildman–Crippen MR) is 162 cm³/mol. The minimum Gasteiger partial charge on any atom is -0.481 e. The van der Waals surface area contributed by atoms with Gasteiger partial charge in [-0.3, -0.25) is 9.59 Å². The molecule has 10 heteroatoms. The number of halogens is 1. The molecule has 0 aliphatic heterocycles. The number of carboxylic acids is 1. The molecule has 0 aliphatic rings. The second kappa shape index (κ2) is 14.0. The number of amides is 1. The maximum absolute atomic E-state index is 14.4. The summed E-state index contributed by atoms with van der Waals surface area (Å²) in [4.78, 5) is 37.5. The van der Waals surface area contributed by atoms with Crippen molar-refractivity contribution in [3.05, 3.63) is 107 Å². The van der Waals surface area contributed by atoms with Gasteiger partial charge in [0.25, 0.3) is 5.91 Å². The highest BCUT2D eigenvalue weighted by Gasteiger charge is 2.34. The molecule has 4 rings (SSSR count). The lowest BCUT2D eigenvalue weighted by molar-refractivity contribution is -0.139. The van der Waals surface area contributed by atoms with E-state index in [4.69, 9.17) is 5.11 Å². The molecule has 2 atom stereocenters. The van der Waals surface area contributed by atoms with Crippen LogP contribution in [0.4, 0.5) is 10.1 Å². The molecule has 0 unspecified atom stereocenters. The Balaban J connectivity index is 1.96. The first-order valence-corrected chi connectivity index (χ1v) is 14.0. The zero-order chi connectivity index (χ0) is 31.1. The van der Waals surface area contributed by atoms with Gasteiger partial charge in [-0.1, -0.05) is 62.4 Å². The number of hydrogen-bond donors (Lipinski definition) is 3. The maximum atomic E-state index is 14.4. The number of nitrogens with zero attached hydrogens (tertiary/aromatic N) is 3. The number of rotatable bonds is 13. The average Bonchev–Trinajstić information content (AvgIpc) is 3.33. The van der Waals surface area contributed by atoms with E-state index in [0.717, 1.165) is 5.01 Å². The molecule has 1 aromatic heterocycles. The number of aliphatic hydroxyl groups excluding tert-OH is 2. The summed E-state index contributed by atoms with van der Waals surface area (Å²) in [5.41, 5.74) is 3.49. The quantitative estimate of drug-likeness (QED) is 0.123. The number of para-hydroxylation sites is 1. The van der Waals surface area contributed by atoms with Gasteiger partial charge in [0.05, 0.1) is 40.9 Å². The molecule has 0 radical (unpaired) electrons. The van der Waals surface area contributed by atoms with Crippen LogP contribution in [0.2, 0.25) is 0 Å². The maximum Gasteiger partial charge on any atom is 0.305 e. The van der Waals surface area contributed by atoms with Gasteiger partial charge in [-0.25, -0.2) is 4.39 Å². The van der Waals surface area contributed by atoms with Crippen molar-refractivity contribution in [2.75, 3.05) is 5.01 Å². The fourth-order valence-corrected chi connectivity index (χ4v) is 5.35. The summed E-state index contributed by atoms with van der Waals surface area (Å²) in [5, 5.41) is 33.7. The van der Waals surface area contributed by atoms with E-state index < -0.39 is 36.3 Å². The molecule has 3 N–H and O–H groups in total. The fraction of sp³-hybridized carbons (Fsp3) is 0.273. The number of aromatic nitrogens is 1. The topological polar surface area (TPSA) is 132 Å². The smallest absolute Gasteiger partial charge is 0.305 e. The second-order valence-corrected chi connectivity index (χ2v) is 10.6. The molecular formula is C33H34FN3O6. The highest BCUT2D eigenvalue weighted by Crippen LogP contribution is 2.43. The number of hydrogen-bond acceptors (Lipinski definition) is 6. The van der Waals surface area contributed by atoms with E-state index in [9.17, 15) is 29.1 Å². The molecule has 1 heterocycles. The summed E-state index contributed by atoms with van der Waals surface area (Å²) in [6.07, 6.45) is -2.80. The first-order chi connectivity index (χ1) is 20.6. The molecule has 0 spiro atoms. The van der Waals surface area contributed by atoms with E-state index in [1.54, 1.807) is 42.5 Å². The van der Waals surface area contributed by atoms with E-state index in [1.807, 2.05) is 48.7 Å². The van der Waals surface area contributed by atoms with Gasteiger partial charge < -0.3 is 19.9 Å². The minimum absolute atomic E-state index is 0.120. The number of carbonyl (C=O) groups excluding carboxylic acids is 1. The van der Waals surface area contributed by atoms with Crippen LogP contribution in [0, 0.1) is 10.7 Å². The highest BCUT2D eigenvalue weighted by atomic mass is 19.1. The van der Waals surface area contributed by atoms with Crippen LogP contribution in [0.25, 0.3) is 22.4 Å². The van der Waals surface area contributed by atoms with Crippen LogP contribution in [0.15, 0.2) is 90.2 Å². The van der Waals surface area contributed by atoms with Gasteiger partial charge in [-0.2, -0.15) is 5.01 Å². The first kappa shape index (κ1) is 31.3. The van der Waals surface area contributed by atoms with Gasteiger partial charge >= 0.3 is 5.97 Å². The monoisotopic (exact) mass is 587 g/mol. The Hall–Kier alpha value is -4.67. The fourth-order valence-electron chi connectivity index (χ4n) is 5.35.